The zero-order valence-corrected chi connectivity index (χ0v) is 15.5. The van der Waals surface area contributed by atoms with Gasteiger partial charge < -0.3 is 19.8 Å². The molecule has 0 spiro atoms. The summed E-state index contributed by atoms with van der Waals surface area (Å²) in [5.74, 6) is -3.89. The van der Waals surface area contributed by atoms with E-state index in [2.05, 4.69) is 10.6 Å². The van der Waals surface area contributed by atoms with E-state index in [1.165, 1.54) is 18.4 Å². The van der Waals surface area contributed by atoms with Crippen molar-refractivity contribution < 1.29 is 32.3 Å². The molecule has 1 heterocycles. The summed E-state index contributed by atoms with van der Waals surface area (Å²) in [4.78, 5) is 36.4. The first-order valence-corrected chi connectivity index (χ1v) is 8.75. The minimum Gasteiger partial charge on any atom is -0.467 e. The summed E-state index contributed by atoms with van der Waals surface area (Å²) in [5.41, 5.74) is 0.173. The SMILES string of the molecule is O=C(COC(=O)c1ccc(F)c(F)c1)Nc1ccccc1C(=O)NCc1ccco1. The number of carbonyl (C=O) groups is 3. The number of halogens is 2. The summed E-state index contributed by atoms with van der Waals surface area (Å²) < 4.78 is 36.1. The highest BCUT2D eigenvalue weighted by molar-refractivity contribution is 6.04. The number of hydrogen-bond donors (Lipinski definition) is 2. The Kier molecular flexibility index (Phi) is 6.53. The van der Waals surface area contributed by atoms with E-state index in [4.69, 9.17) is 9.15 Å². The Balaban J connectivity index is 1.57. The Hall–Kier alpha value is -4.01. The van der Waals surface area contributed by atoms with Crippen molar-refractivity contribution in [2.75, 3.05) is 11.9 Å². The molecule has 0 radical (unpaired) electrons. The number of furan rings is 1. The van der Waals surface area contributed by atoms with Gasteiger partial charge in [0, 0.05) is 0 Å². The summed E-state index contributed by atoms with van der Waals surface area (Å²) in [7, 11) is 0. The second-order valence-corrected chi connectivity index (χ2v) is 6.06. The third-order valence-electron chi connectivity index (χ3n) is 3.94. The lowest BCUT2D eigenvalue weighted by Gasteiger charge is -2.11. The number of carbonyl (C=O) groups excluding carboxylic acids is 3. The van der Waals surface area contributed by atoms with Gasteiger partial charge >= 0.3 is 5.97 Å². The maximum atomic E-state index is 13.2. The predicted molar refractivity (Wildman–Crippen MR) is 102 cm³/mol. The van der Waals surface area contributed by atoms with Gasteiger partial charge in [-0.3, -0.25) is 9.59 Å². The van der Waals surface area contributed by atoms with Crippen LogP contribution in [0, 0.1) is 11.6 Å². The minimum atomic E-state index is -1.21. The van der Waals surface area contributed by atoms with Gasteiger partial charge in [0.05, 0.1) is 29.6 Å². The van der Waals surface area contributed by atoms with Crippen molar-refractivity contribution in [3.63, 3.8) is 0 Å². The molecule has 7 nitrogen and oxygen atoms in total. The smallest absolute Gasteiger partial charge is 0.338 e. The van der Waals surface area contributed by atoms with Crippen LogP contribution in [-0.2, 0) is 16.1 Å². The van der Waals surface area contributed by atoms with Crippen LogP contribution in [0.2, 0.25) is 0 Å². The van der Waals surface area contributed by atoms with E-state index in [1.807, 2.05) is 0 Å². The van der Waals surface area contributed by atoms with E-state index >= 15 is 0 Å². The van der Waals surface area contributed by atoms with Crippen LogP contribution in [0.1, 0.15) is 26.5 Å². The molecular formula is C21H16F2N2O5. The van der Waals surface area contributed by atoms with Crippen molar-refractivity contribution in [3.8, 4) is 0 Å². The van der Waals surface area contributed by atoms with Crippen LogP contribution in [0.3, 0.4) is 0 Å². The molecule has 3 aromatic rings. The molecule has 9 heteroatoms. The molecule has 0 fully saturated rings. The van der Waals surface area contributed by atoms with Gasteiger partial charge in [0.25, 0.3) is 11.8 Å². The number of para-hydroxylation sites is 1. The molecule has 3 rings (SSSR count). The largest absolute Gasteiger partial charge is 0.467 e. The highest BCUT2D eigenvalue weighted by Crippen LogP contribution is 2.16. The zero-order chi connectivity index (χ0) is 21.5. The minimum absolute atomic E-state index is 0.167. The molecule has 0 aliphatic rings. The number of rotatable bonds is 7. The summed E-state index contributed by atoms with van der Waals surface area (Å²) in [5, 5.41) is 5.14. The molecule has 1 aromatic heterocycles. The van der Waals surface area contributed by atoms with Crippen molar-refractivity contribution >= 4 is 23.5 Å². The van der Waals surface area contributed by atoms with Gasteiger partial charge in [-0.1, -0.05) is 12.1 Å². The van der Waals surface area contributed by atoms with Gasteiger partial charge in [-0.2, -0.15) is 0 Å². The molecule has 0 saturated carbocycles. The van der Waals surface area contributed by atoms with Crippen LogP contribution in [0.5, 0.6) is 0 Å². The van der Waals surface area contributed by atoms with Crippen LogP contribution in [0.15, 0.2) is 65.3 Å². The van der Waals surface area contributed by atoms with Gasteiger partial charge in [-0.15, -0.1) is 0 Å². The molecule has 0 saturated heterocycles. The van der Waals surface area contributed by atoms with Crippen molar-refractivity contribution in [1.82, 2.24) is 5.32 Å². The fourth-order valence-electron chi connectivity index (χ4n) is 2.49. The normalized spacial score (nSPS) is 10.3. The number of anilines is 1. The first-order valence-electron chi connectivity index (χ1n) is 8.75. The van der Waals surface area contributed by atoms with Crippen LogP contribution in [-0.4, -0.2) is 24.4 Å². The Bertz CT molecular complexity index is 1070. The zero-order valence-electron chi connectivity index (χ0n) is 15.5. The maximum absolute atomic E-state index is 13.2. The Morgan fingerprint density at radius 3 is 2.50 bits per heavy atom. The third-order valence-corrected chi connectivity index (χ3v) is 3.94. The number of esters is 1. The molecular weight excluding hydrogens is 398 g/mol. The number of ether oxygens (including phenoxy) is 1. The number of nitrogens with one attached hydrogen (secondary N) is 2. The topological polar surface area (TPSA) is 97.6 Å². The van der Waals surface area contributed by atoms with Crippen LogP contribution < -0.4 is 10.6 Å². The quantitative estimate of drug-likeness (QED) is 0.579. The molecule has 30 heavy (non-hydrogen) atoms. The van der Waals surface area contributed by atoms with E-state index in [0.717, 1.165) is 12.1 Å². The van der Waals surface area contributed by atoms with E-state index in [1.54, 1.807) is 24.3 Å². The summed E-state index contributed by atoms with van der Waals surface area (Å²) in [6.45, 7) is -0.514. The van der Waals surface area contributed by atoms with Crippen molar-refractivity contribution in [2.24, 2.45) is 0 Å². The first-order chi connectivity index (χ1) is 14.4. The van der Waals surface area contributed by atoms with Gasteiger partial charge in [0.15, 0.2) is 18.2 Å². The lowest BCUT2D eigenvalue weighted by molar-refractivity contribution is -0.119. The monoisotopic (exact) mass is 414 g/mol. The second-order valence-electron chi connectivity index (χ2n) is 6.06. The van der Waals surface area contributed by atoms with Crippen LogP contribution in [0.4, 0.5) is 14.5 Å². The van der Waals surface area contributed by atoms with Gasteiger partial charge in [0.2, 0.25) is 0 Å². The standard InChI is InChI=1S/C21H16F2N2O5/c22-16-8-7-13(10-17(16)23)21(28)30-12-19(26)25-18-6-2-1-5-15(18)20(27)24-11-14-4-3-9-29-14/h1-10H,11-12H2,(H,24,27)(H,25,26). The second kappa shape index (κ2) is 9.46. The Morgan fingerprint density at radius 2 is 1.77 bits per heavy atom. The van der Waals surface area contributed by atoms with E-state index in [9.17, 15) is 23.2 Å². The van der Waals surface area contributed by atoms with Crippen molar-refractivity contribution in [2.45, 2.75) is 6.54 Å². The fourth-order valence-corrected chi connectivity index (χ4v) is 2.49. The molecule has 2 amide bonds. The summed E-state index contributed by atoms with van der Waals surface area (Å²) >= 11 is 0. The number of amides is 2. The third kappa shape index (κ3) is 5.28. The molecule has 154 valence electrons. The molecule has 0 aliphatic heterocycles. The Labute approximate surface area is 169 Å². The maximum Gasteiger partial charge on any atom is 0.338 e. The van der Waals surface area contributed by atoms with Crippen LogP contribution in [0.25, 0.3) is 0 Å². The number of hydrogen-bond acceptors (Lipinski definition) is 5. The molecule has 2 N–H and O–H groups in total. The molecule has 0 unspecified atom stereocenters. The Morgan fingerprint density at radius 1 is 0.967 bits per heavy atom. The van der Waals surface area contributed by atoms with E-state index in [0.29, 0.717) is 11.8 Å². The van der Waals surface area contributed by atoms with Gasteiger partial charge in [-0.25, -0.2) is 13.6 Å². The molecule has 0 aliphatic carbocycles. The van der Waals surface area contributed by atoms with Gasteiger partial charge in [-0.05, 0) is 42.5 Å². The summed E-state index contributed by atoms with van der Waals surface area (Å²) in [6, 6.07) is 12.2. The van der Waals surface area contributed by atoms with Crippen LogP contribution >= 0.6 is 0 Å². The molecule has 0 atom stereocenters. The van der Waals surface area contributed by atoms with Gasteiger partial charge in [0.1, 0.15) is 5.76 Å². The lowest BCUT2D eigenvalue weighted by atomic mass is 10.1. The first kappa shape index (κ1) is 20.7. The van der Waals surface area contributed by atoms with Crippen molar-refractivity contribution in [1.29, 1.82) is 0 Å². The predicted octanol–water partition coefficient (Wildman–Crippen LogP) is 3.28. The summed E-state index contributed by atoms with van der Waals surface area (Å²) in [6.07, 6.45) is 1.48. The van der Waals surface area contributed by atoms with Crippen molar-refractivity contribution in [3.05, 3.63) is 89.4 Å². The highest BCUT2D eigenvalue weighted by atomic mass is 19.2. The highest BCUT2D eigenvalue weighted by Gasteiger charge is 2.16. The van der Waals surface area contributed by atoms with E-state index in [-0.39, 0.29) is 23.4 Å². The fraction of sp³-hybridized carbons (Fsp3) is 0.0952. The average molecular weight is 414 g/mol. The molecule has 0 bridgehead atoms. The molecule has 2 aromatic carbocycles. The van der Waals surface area contributed by atoms with E-state index < -0.39 is 36.0 Å². The number of benzene rings is 2. The lowest BCUT2D eigenvalue weighted by Crippen LogP contribution is -2.26. The average Bonchev–Trinajstić information content (AvgIpc) is 3.26.